The Morgan fingerprint density at radius 3 is 1.35 bits per heavy atom. The molecule has 4 amide bonds. The van der Waals surface area contributed by atoms with Gasteiger partial charge in [-0.15, -0.1) is 0 Å². The fourth-order valence-corrected chi connectivity index (χ4v) is 2.79. The summed E-state index contributed by atoms with van der Waals surface area (Å²) in [5.74, 6) is -2.13. The van der Waals surface area contributed by atoms with Crippen LogP contribution in [-0.4, -0.2) is 44.5 Å². The molecule has 0 spiro atoms. The molecular formula is C17H22N2O4. The summed E-state index contributed by atoms with van der Waals surface area (Å²) in [5.41, 5.74) is -3.12. The van der Waals surface area contributed by atoms with Gasteiger partial charge in [0, 0.05) is 12.2 Å². The molecule has 0 radical (unpaired) electrons. The van der Waals surface area contributed by atoms with Gasteiger partial charge in [0.25, 0.3) is 11.8 Å². The Hall–Kier alpha value is -2.24. The Labute approximate surface area is 135 Å². The summed E-state index contributed by atoms with van der Waals surface area (Å²) in [5, 5.41) is 0. The Bertz CT molecular complexity index is 612. The molecule has 0 N–H and O–H groups in total. The smallest absolute Gasteiger partial charge is 0.253 e. The van der Waals surface area contributed by atoms with Gasteiger partial charge in [0.15, 0.2) is 0 Å². The fourth-order valence-electron chi connectivity index (χ4n) is 2.79. The zero-order chi connectivity index (χ0) is 17.8. The second kappa shape index (κ2) is 4.88. The van der Waals surface area contributed by atoms with Crippen molar-refractivity contribution in [3.05, 3.63) is 24.3 Å². The fraction of sp³-hybridized carbons (Fsp3) is 0.529. The predicted octanol–water partition coefficient (Wildman–Crippen LogP) is 1.42. The van der Waals surface area contributed by atoms with Crippen LogP contribution in [-0.2, 0) is 19.2 Å². The first-order chi connectivity index (χ1) is 10.3. The van der Waals surface area contributed by atoms with Crippen LogP contribution in [0.2, 0.25) is 0 Å². The number of imide groups is 2. The lowest BCUT2D eigenvalue weighted by Crippen LogP contribution is -2.59. The maximum Gasteiger partial charge on any atom is 0.253 e. The molecule has 6 heteroatoms. The van der Waals surface area contributed by atoms with E-state index < -0.39 is 40.1 Å². The van der Waals surface area contributed by atoms with Gasteiger partial charge in [0.2, 0.25) is 11.8 Å². The zero-order valence-corrected chi connectivity index (χ0v) is 14.3. The van der Waals surface area contributed by atoms with Crippen LogP contribution in [0.4, 0.5) is 0 Å². The molecule has 2 heterocycles. The van der Waals surface area contributed by atoms with Crippen molar-refractivity contribution in [2.75, 3.05) is 0 Å². The average molecular weight is 318 g/mol. The Morgan fingerprint density at radius 2 is 1.13 bits per heavy atom. The summed E-state index contributed by atoms with van der Waals surface area (Å²) in [6.07, 6.45) is 5.90. The van der Waals surface area contributed by atoms with Crippen LogP contribution >= 0.6 is 0 Å². The number of carbonyl (C=O) groups excluding carboxylic acids is 4. The summed E-state index contributed by atoms with van der Waals surface area (Å²) in [7, 11) is 0. The van der Waals surface area contributed by atoms with E-state index in [1.807, 2.05) is 0 Å². The zero-order valence-electron chi connectivity index (χ0n) is 14.3. The standard InChI is InChI=1S/C17H22N2O4/c1-15(2)9-7-11(20)18(15)13(22)17(5,6)14(23)19-12(21)8-10-16(19,3)4/h7-10H,1-6H3. The van der Waals surface area contributed by atoms with Crippen molar-refractivity contribution in [1.82, 2.24) is 9.80 Å². The predicted molar refractivity (Wildman–Crippen MR) is 83.9 cm³/mol. The summed E-state index contributed by atoms with van der Waals surface area (Å²) in [6, 6.07) is 0. The van der Waals surface area contributed by atoms with E-state index in [9.17, 15) is 19.2 Å². The SMILES string of the molecule is CC(C)(C(=O)N1C(=O)C=CC1(C)C)C(=O)N1C(=O)C=CC1(C)C. The van der Waals surface area contributed by atoms with E-state index in [1.165, 1.54) is 26.0 Å². The number of amides is 4. The minimum atomic E-state index is -1.53. The van der Waals surface area contributed by atoms with Gasteiger partial charge in [-0.3, -0.25) is 29.0 Å². The largest absolute Gasteiger partial charge is 0.273 e. The van der Waals surface area contributed by atoms with E-state index in [0.29, 0.717) is 0 Å². The highest BCUT2D eigenvalue weighted by Gasteiger charge is 2.52. The average Bonchev–Trinajstić information content (AvgIpc) is 2.84. The number of hydrogen-bond acceptors (Lipinski definition) is 4. The van der Waals surface area contributed by atoms with E-state index in [1.54, 1.807) is 39.8 Å². The molecule has 2 aliphatic heterocycles. The van der Waals surface area contributed by atoms with E-state index in [0.717, 1.165) is 9.80 Å². The second-order valence-corrected chi connectivity index (χ2v) is 7.56. The van der Waals surface area contributed by atoms with Crippen molar-refractivity contribution in [2.45, 2.75) is 52.6 Å². The Morgan fingerprint density at radius 1 is 0.826 bits per heavy atom. The Balaban J connectivity index is 2.35. The molecule has 2 rings (SSSR count). The maximum absolute atomic E-state index is 12.9. The molecule has 0 bridgehead atoms. The molecule has 0 aliphatic carbocycles. The molecule has 23 heavy (non-hydrogen) atoms. The number of rotatable bonds is 2. The highest BCUT2D eigenvalue weighted by atomic mass is 16.2. The van der Waals surface area contributed by atoms with E-state index in [2.05, 4.69) is 0 Å². The number of carbonyl (C=O) groups is 4. The van der Waals surface area contributed by atoms with Gasteiger partial charge in [-0.2, -0.15) is 0 Å². The monoisotopic (exact) mass is 318 g/mol. The Kier molecular flexibility index (Phi) is 3.63. The lowest BCUT2D eigenvalue weighted by atomic mass is 9.86. The minimum Gasteiger partial charge on any atom is -0.273 e. The van der Waals surface area contributed by atoms with Gasteiger partial charge >= 0.3 is 0 Å². The number of nitrogens with zero attached hydrogens (tertiary/aromatic N) is 2. The first-order valence-corrected chi connectivity index (χ1v) is 7.48. The lowest BCUT2D eigenvalue weighted by Gasteiger charge is -2.39. The maximum atomic E-state index is 12.9. The van der Waals surface area contributed by atoms with Crippen LogP contribution in [0.25, 0.3) is 0 Å². The van der Waals surface area contributed by atoms with Gasteiger partial charge in [-0.05, 0) is 41.5 Å². The quantitative estimate of drug-likeness (QED) is 0.722. The van der Waals surface area contributed by atoms with E-state index >= 15 is 0 Å². The minimum absolute atomic E-state index is 0.453. The van der Waals surface area contributed by atoms with Crippen molar-refractivity contribution in [2.24, 2.45) is 5.41 Å². The van der Waals surface area contributed by atoms with E-state index in [4.69, 9.17) is 0 Å². The third-order valence-electron chi connectivity index (χ3n) is 4.34. The first-order valence-electron chi connectivity index (χ1n) is 7.48. The first kappa shape index (κ1) is 17.1. The molecule has 0 unspecified atom stereocenters. The van der Waals surface area contributed by atoms with Crippen LogP contribution in [0.1, 0.15) is 41.5 Å². The molecule has 0 aromatic carbocycles. The molecule has 2 aliphatic rings. The summed E-state index contributed by atoms with van der Waals surface area (Å²) >= 11 is 0. The van der Waals surface area contributed by atoms with Crippen molar-refractivity contribution in [3.63, 3.8) is 0 Å². The van der Waals surface area contributed by atoms with Gasteiger partial charge in [-0.25, -0.2) is 0 Å². The normalized spacial score (nSPS) is 22.2. The third-order valence-corrected chi connectivity index (χ3v) is 4.34. The summed E-state index contributed by atoms with van der Waals surface area (Å²) in [6.45, 7) is 9.78. The molecule has 0 aromatic heterocycles. The van der Waals surface area contributed by atoms with Crippen LogP contribution in [0.15, 0.2) is 24.3 Å². The van der Waals surface area contributed by atoms with Gasteiger partial charge in [0.1, 0.15) is 5.41 Å². The molecule has 124 valence electrons. The summed E-state index contributed by atoms with van der Waals surface area (Å²) in [4.78, 5) is 52.0. The molecular weight excluding hydrogens is 296 g/mol. The van der Waals surface area contributed by atoms with Crippen molar-refractivity contribution < 1.29 is 19.2 Å². The van der Waals surface area contributed by atoms with Crippen molar-refractivity contribution >= 4 is 23.6 Å². The van der Waals surface area contributed by atoms with Crippen LogP contribution in [0.5, 0.6) is 0 Å². The molecule has 0 atom stereocenters. The summed E-state index contributed by atoms with van der Waals surface area (Å²) < 4.78 is 0. The number of hydrogen-bond donors (Lipinski definition) is 0. The van der Waals surface area contributed by atoms with Gasteiger partial charge in [0.05, 0.1) is 11.1 Å². The van der Waals surface area contributed by atoms with Crippen molar-refractivity contribution in [3.8, 4) is 0 Å². The van der Waals surface area contributed by atoms with Gasteiger partial charge < -0.3 is 0 Å². The highest BCUT2D eigenvalue weighted by Crippen LogP contribution is 2.34. The highest BCUT2D eigenvalue weighted by molar-refractivity contribution is 6.17. The van der Waals surface area contributed by atoms with Crippen LogP contribution in [0.3, 0.4) is 0 Å². The van der Waals surface area contributed by atoms with Crippen LogP contribution in [0, 0.1) is 5.41 Å². The van der Waals surface area contributed by atoms with E-state index in [-0.39, 0.29) is 0 Å². The van der Waals surface area contributed by atoms with Crippen molar-refractivity contribution in [1.29, 1.82) is 0 Å². The molecule has 0 fully saturated rings. The molecule has 0 saturated heterocycles. The third kappa shape index (κ3) is 2.52. The lowest BCUT2D eigenvalue weighted by molar-refractivity contribution is -0.162. The van der Waals surface area contributed by atoms with Crippen LogP contribution < -0.4 is 0 Å². The molecule has 0 aromatic rings. The topological polar surface area (TPSA) is 74.8 Å². The second-order valence-electron chi connectivity index (χ2n) is 7.56. The molecule has 0 saturated carbocycles. The molecule has 6 nitrogen and oxygen atoms in total. The van der Waals surface area contributed by atoms with Gasteiger partial charge in [-0.1, -0.05) is 12.2 Å².